The standard InChI is InChI=1S/C16H21FN2O2S/c1-10(2)14-16(22-13-6-4-5-12(17)9-13)19-15(18-14)11(3)21-8-7-20/h4-6,9-11,20H,7-8H2,1-3H3,(H,18,19). The van der Waals surface area contributed by atoms with E-state index in [9.17, 15) is 4.39 Å². The molecule has 6 heteroatoms. The van der Waals surface area contributed by atoms with Crippen molar-refractivity contribution < 1.29 is 14.2 Å². The van der Waals surface area contributed by atoms with Crippen molar-refractivity contribution in [1.29, 1.82) is 0 Å². The van der Waals surface area contributed by atoms with Gasteiger partial charge in [0.2, 0.25) is 0 Å². The van der Waals surface area contributed by atoms with E-state index in [1.807, 2.05) is 13.0 Å². The molecule has 0 amide bonds. The first-order valence-electron chi connectivity index (χ1n) is 7.27. The molecular weight excluding hydrogens is 303 g/mol. The van der Waals surface area contributed by atoms with Gasteiger partial charge in [-0.25, -0.2) is 9.37 Å². The van der Waals surface area contributed by atoms with Gasteiger partial charge in [0.05, 0.1) is 18.9 Å². The number of rotatable bonds is 7. The van der Waals surface area contributed by atoms with Crippen molar-refractivity contribution in [2.24, 2.45) is 0 Å². The zero-order chi connectivity index (χ0) is 16.1. The number of hydrogen-bond acceptors (Lipinski definition) is 4. The monoisotopic (exact) mass is 324 g/mol. The van der Waals surface area contributed by atoms with E-state index < -0.39 is 0 Å². The molecule has 1 aromatic carbocycles. The van der Waals surface area contributed by atoms with Gasteiger partial charge in [0.15, 0.2) is 0 Å². The maximum Gasteiger partial charge on any atom is 0.136 e. The number of aliphatic hydroxyl groups excluding tert-OH is 1. The molecule has 0 aliphatic rings. The smallest absolute Gasteiger partial charge is 0.136 e. The summed E-state index contributed by atoms with van der Waals surface area (Å²) >= 11 is 1.43. The Labute approximate surface area is 134 Å². The molecule has 2 aromatic rings. The van der Waals surface area contributed by atoms with Crippen LogP contribution in [0.1, 0.15) is 44.3 Å². The minimum absolute atomic E-state index is 0.0208. The lowest BCUT2D eigenvalue weighted by molar-refractivity contribution is 0.0340. The van der Waals surface area contributed by atoms with Crippen LogP contribution in [0.2, 0.25) is 0 Å². The van der Waals surface area contributed by atoms with Crippen molar-refractivity contribution in [2.45, 2.75) is 42.7 Å². The van der Waals surface area contributed by atoms with Gasteiger partial charge in [0.1, 0.15) is 22.8 Å². The summed E-state index contributed by atoms with van der Waals surface area (Å²) in [6.07, 6.45) is -0.230. The SMILES string of the molecule is CC(C)c1[nH]c(C(C)OCCO)nc1Sc1cccc(F)c1. The molecule has 1 heterocycles. The Balaban J connectivity index is 2.23. The van der Waals surface area contributed by atoms with Crippen LogP contribution in [-0.4, -0.2) is 28.3 Å². The van der Waals surface area contributed by atoms with Crippen LogP contribution >= 0.6 is 11.8 Å². The van der Waals surface area contributed by atoms with Gasteiger partial charge in [0, 0.05) is 4.90 Å². The number of aliphatic hydroxyl groups is 1. The second-order valence-electron chi connectivity index (χ2n) is 5.29. The molecule has 0 spiro atoms. The Morgan fingerprint density at radius 2 is 2.14 bits per heavy atom. The molecule has 0 saturated heterocycles. The van der Waals surface area contributed by atoms with Gasteiger partial charge in [0.25, 0.3) is 0 Å². The summed E-state index contributed by atoms with van der Waals surface area (Å²) in [7, 11) is 0. The summed E-state index contributed by atoms with van der Waals surface area (Å²) in [5, 5.41) is 9.66. The van der Waals surface area contributed by atoms with E-state index in [1.165, 1.54) is 23.9 Å². The fraction of sp³-hybridized carbons (Fsp3) is 0.438. The van der Waals surface area contributed by atoms with Crippen LogP contribution in [-0.2, 0) is 4.74 Å². The van der Waals surface area contributed by atoms with Gasteiger partial charge >= 0.3 is 0 Å². The normalized spacial score (nSPS) is 12.8. The van der Waals surface area contributed by atoms with Crippen LogP contribution in [0.15, 0.2) is 34.2 Å². The highest BCUT2D eigenvalue weighted by Crippen LogP contribution is 2.33. The summed E-state index contributed by atoms with van der Waals surface area (Å²) < 4.78 is 18.8. The zero-order valence-electron chi connectivity index (χ0n) is 13.0. The Morgan fingerprint density at radius 3 is 2.77 bits per heavy atom. The third kappa shape index (κ3) is 4.32. The number of aromatic nitrogens is 2. The minimum Gasteiger partial charge on any atom is -0.394 e. The van der Waals surface area contributed by atoms with Crippen LogP contribution in [0.25, 0.3) is 0 Å². The molecule has 22 heavy (non-hydrogen) atoms. The van der Waals surface area contributed by atoms with Crippen molar-refractivity contribution in [3.05, 3.63) is 41.6 Å². The molecule has 0 aliphatic heterocycles. The highest BCUT2D eigenvalue weighted by Gasteiger charge is 2.18. The largest absolute Gasteiger partial charge is 0.394 e. The number of H-pyrrole nitrogens is 1. The van der Waals surface area contributed by atoms with Gasteiger partial charge in [-0.2, -0.15) is 0 Å². The topological polar surface area (TPSA) is 58.1 Å². The summed E-state index contributed by atoms with van der Waals surface area (Å²) in [5.74, 6) is 0.727. The highest BCUT2D eigenvalue weighted by atomic mass is 32.2. The van der Waals surface area contributed by atoms with Crippen LogP contribution in [0, 0.1) is 5.82 Å². The number of halogens is 1. The number of imidazole rings is 1. The molecule has 0 bridgehead atoms. The van der Waals surface area contributed by atoms with E-state index in [0.29, 0.717) is 0 Å². The third-order valence-electron chi connectivity index (χ3n) is 3.15. The van der Waals surface area contributed by atoms with E-state index in [1.54, 1.807) is 6.07 Å². The number of nitrogens with one attached hydrogen (secondary N) is 1. The van der Waals surface area contributed by atoms with Gasteiger partial charge in [-0.3, -0.25) is 0 Å². The van der Waals surface area contributed by atoms with E-state index in [4.69, 9.17) is 9.84 Å². The number of aromatic amines is 1. The Morgan fingerprint density at radius 1 is 1.36 bits per heavy atom. The molecule has 1 unspecified atom stereocenters. The number of nitrogens with zero attached hydrogens (tertiary/aromatic N) is 1. The van der Waals surface area contributed by atoms with Gasteiger partial charge in [-0.1, -0.05) is 31.7 Å². The first-order valence-corrected chi connectivity index (χ1v) is 8.08. The van der Waals surface area contributed by atoms with Crippen molar-refractivity contribution >= 4 is 11.8 Å². The molecule has 0 saturated carbocycles. The van der Waals surface area contributed by atoms with E-state index in [2.05, 4.69) is 23.8 Å². The Hall–Kier alpha value is -1.37. The van der Waals surface area contributed by atoms with Crippen LogP contribution < -0.4 is 0 Å². The average Bonchev–Trinajstić information content (AvgIpc) is 2.89. The quantitative estimate of drug-likeness (QED) is 0.811. The second-order valence-corrected chi connectivity index (χ2v) is 6.35. The van der Waals surface area contributed by atoms with Crippen molar-refractivity contribution in [3.63, 3.8) is 0 Å². The lowest BCUT2D eigenvalue weighted by Gasteiger charge is -2.08. The first kappa shape index (κ1) is 17.0. The molecule has 0 aliphatic carbocycles. The van der Waals surface area contributed by atoms with Crippen molar-refractivity contribution in [3.8, 4) is 0 Å². The maximum absolute atomic E-state index is 13.3. The van der Waals surface area contributed by atoms with E-state index in [-0.39, 0.29) is 31.1 Å². The molecule has 120 valence electrons. The van der Waals surface area contributed by atoms with Gasteiger partial charge in [-0.05, 0) is 31.0 Å². The Bertz CT molecular complexity index is 616. The van der Waals surface area contributed by atoms with Crippen molar-refractivity contribution in [2.75, 3.05) is 13.2 Å². The molecule has 2 N–H and O–H groups in total. The summed E-state index contributed by atoms with van der Waals surface area (Å²) in [4.78, 5) is 8.69. The molecule has 1 aromatic heterocycles. The number of benzene rings is 1. The van der Waals surface area contributed by atoms with Crippen molar-refractivity contribution in [1.82, 2.24) is 9.97 Å². The summed E-state index contributed by atoms with van der Waals surface area (Å²) in [6.45, 7) is 6.28. The van der Waals surface area contributed by atoms with Gasteiger partial charge in [-0.15, -0.1) is 0 Å². The molecule has 2 rings (SSSR count). The Kier molecular flexibility index (Phi) is 5.99. The second kappa shape index (κ2) is 7.76. The third-order valence-corrected chi connectivity index (χ3v) is 4.14. The van der Waals surface area contributed by atoms with E-state index >= 15 is 0 Å². The van der Waals surface area contributed by atoms with Crippen LogP contribution in [0.4, 0.5) is 4.39 Å². The molecule has 0 fully saturated rings. The number of hydrogen-bond donors (Lipinski definition) is 2. The average molecular weight is 324 g/mol. The summed E-state index contributed by atoms with van der Waals surface area (Å²) in [5.41, 5.74) is 1.00. The predicted molar refractivity (Wildman–Crippen MR) is 84.7 cm³/mol. The lowest BCUT2D eigenvalue weighted by Crippen LogP contribution is -2.06. The highest BCUT2D eigenvalue weighted by molar-refractivity contribution is 7.99. The fourth-order valence-corrected chi connectivity index (χ4v) is 3.08. The minimum atomic E-state index is -0.258. The molecular formula is C16H21FN2O2S. The summed E-state index contributed by atoms with van der Waals surface area (Å²) in [6, 6.07) is 6.47. The predicted octanol–water partition coefficient (Wildman–Crippen LogP) is 3.89. The first-order chi connectivity index (χ1) is 10.5. The van der Waals surface area contributed by atoms with Crippen LogP contribution in [0.3, 0.4) is 0 Å². The van der Waals surface area contributed by atoms with E-state index in [0.717, 1.165) is 21.4 Å². The maximum atomic E-state index is 13.3. The molecule has 4 nitrogen and oxygen atoms in total. The van der Waals surface area contributed by atoms with Gasteiger partial charge < -0.3 is 14.8 Å². The zero-order valence-corrected chi connectivity index (χ0v) is 13.8. The van der Waals surface area contributed by atoms with Crippen LogP contribution in [0.5, 0.6) is 0 Å². The molecule has 1 atom stereocenters. The lowest BCUT2D eigenvalue weighted by atomic mass is 10.2. The molecule has 0 radical (unpaired) electrons. The fourth-order valence-electron chi connectivity index (χ4n) is 2.00. The number of ether oxygens (including phenoxy) is 1.